The van der Waals surface area contributed by atoms with Crippen LogP contribution in [0.25, 0.3) is 10.7 Å². The van der Waals surface area contributed by atoms with Gasteiger partial charge >= 0.3 is 0 Å². The number of benzene rings is 1. The van der Waals surface area contributed by atoms with Crippen LogP contribution in [0.15, 0.2) is 45.8 Å². The Bertz CT molecular complexity index is 906. The molecule has 1 saturated carbocycles. The minimum atomic E-state index is -0.456. The van der Waals surface area contributed by atoms with Gasteiger partial charge in [-0.3, -0.25) is 14.7 Å². The molecular weight excluding hydrogens is 368 g/mol. The lowest BCUT2D eigenvalue weighted by molar-refractivity contribution is -0.384. The molecule has 0 radical (unpaired) electrons. The Balaban J connectivity index is 1.69. The fourth-order valence-corrected chi connectivity index (χ4v) is 4.27. The number of nitro groups is 1. The Morgan fingerprint density at radius 1 is 1.33 bits per heavy atom. The molecule has 2 heterocycles. The number of hydrogen-bond donors (Lipinski definition) is 0. The summed E-state index contributed by atoms with van der Waals surface area (Å²) in [5.41, 5.74) is -0.0210. The molecule has 0 N–H and O–H groups in total. The Kier molecular flexibility index (Phi) is 4.03. The fraction of sp³-hybridized carbons (Fsp3) is 0.200. The fourth-order valence-electron chi connectivity index (χ4n) is 2.37. The molecule has 9 heteroatoms. The van der Waals surface area contributed by atoms with E-state index in [9.17, 15) is 10.1 Å². The van der Waals surface area contributed by atoms with E-state index in [1.165, 1.54) is 23.9 Å². The minimum Gasteiger partial charge on any atom is -0.298 e. The number of aromatic nitrogens is 3. The van der Waals surface area contributed by atoms with Crippen LogP contribution in [-0.4, -0.2) is 19.7 Å². The van der Waals surface area contributed by atoms with Crippen LogP contribution in [0.5, 0.6) is 0 Å². The molecule has 6 nitrogen and oxygen atoms in total. The maximum Gasteiger partial charge on any atom is 0.270 e. The number of rotatable bonds is 5. The van der Waals surface area contributed by atoms with Crippen molar-refractivity contribution in [1.29, 1.82) is 0 Å². The highest BCUT2D eigenvalue weighted by Gasteiger charge is 2.30. The molecule has 0 unspecified atom stereocenters. The Labute approximate surface area is 150 Å². The number of non-ortho nitro benzene ring substituents is 1. The summed E-state index contributed by atoms with van der Waals surface area (Å²) >= 11 is 9.21. The van der Waals surface area contributed by atoms with Crippen molar-refractivity contribution in [3.8, 4) is 10.7 Å². The Morgan fingerprint density at radius 2 is 2.17 bits per heavy atom. The Morgan fingerprint density at radius 3 is 2.79 bits per heavy atom. The second kappa shape index (κ2) is 6.19. The first-order chi connectivity index (χ1) is 11.6. The van der Waals surface area contributed by atoms with Crippen LogP contribution in [0.2, 0.25) is 5.02 Å². The molecular formula is C15H11ClN4O2S2. The second-order valence-electron chi connectivity index (χ2n) is 5.36. The predicted octanol–water partition coefficient (Wildman–Crippen LogP) is 5.05. The monoisotopic (exact) mass is 378 g/mol. The van der Waals surface area contributed by atoms with Crippen molar-refractivity contribution in [2.45, 2.75) is 28.9 Å². The van der Waals surface area contributed by atoms with Crippen molar-refractivity contribution in [1.82, 2.24) is 14.8 Å². The van der Waals surface area contributed by atoms with Gasteiger partial charge in [-0.2, -0.15) is 0 Å². The first-order valence-corrected chi connectivity index (χ1v) is 9.31. The van der Waals surface area contributed by atoms with E-state index < -0.39 is 4.92 Å². The minimum absolute atomic E-state index is 0.0210. The van der Waals surface area contributed by atoms with Crippen molar-refractivity contribution < 1.29 is 4.92 Å². The van der Waals surface area contributed by atoms with Crippen LogP contribution >= 0.6 is 34.7 Å². The highest BCUT2D eigenvalue weighted by Crippen LogP contribution is 2.44. The zero-order valence-corrected chi connectivity index (χ0v) is 14.6. The molecule has 3 aromatic rings. The van der Waals surface area contributed by atoms with Gasteiger partial charge in [0.2, 0.25) is 0 Å². The van der Waals surface area contributed by atoms with Gasteiger partial charge in [-0.15, -0.1) is 21.5 Å². The summed E-state index contributed by atoms with van der Waals surface area (Å²) in [7, 11) is 0. The summed E-state index contributed by atoms with van der Waals surface area (Å²) in [6.07, 6.45) is 2.22. The summed E-state index contributed by atoms with van der Waals surface area (Å²) < 4.78 is 2.15. The van der Waals surface area contributed by atoms with E-state index >= 15 is 0 Å². The van der Waals surface area contributed by atoms with Gasteiger partial charge in [-0.25, -0.2) is 0 Å². The number of nitrogens with zero attached hydrogens (tertiary/aromatic N) is 4. The first kappa shape index (κ1) is 15.6. The summed E-state index contributed by atoms with van der Waals surface area (Å²) in [5, 5.41) is 22.6. The standard InChI is InChI=1S/C15H11ClN4O2S2/c16-11-8-10(20(21)22)5-6-12(11)24-15-18-17-14(13-2-1-7-23-13)19(15)9-3-4-9/h1-2,5-9H,3-4H2. The van der Waals surface area contributed by atoms with Crippen LogP contribution in [0, 0.1) is 10.1 Å². The molecule has 1 fully saturated rings. The average molecular weight is 379 g/mol. The molecule has 1 aliphatic rings. The molecule has 2 aromatic heterocycles. The third kappa shape index (κ3) is 2.92. The average Bonchev–Trinajstić information content (AvgIpc) is 3.09. The van der Waals surface area contributed by atoms with Gasteiger partial charge in [0.05, 0.1) is 14.8 Å². The normalized spacial score (nSPS) is 14.0. The van der Waals surface area contributed by atoms with Crippen LogP contribution in [0.1, 0.15) is 18.9 Å². The molecule has 0 amide bonds. The van der Waals surface area contributed by atoms with E-state index in [4.69, 9.17) is 11.6 Å². The number of nitro benzene ring substituents is 1. The van der Waals surface area contributed by atoms with Crippen molar-refractivity contribution in [2.75, 3.05) is 0 Å². The molecule has 0 bridgehead atoms. The second-order valence-corrected chi connectivity index (χ2v) is 7.72. The summed E-state index contributed by atoms with van der Waals surface area (Å²) in [5.74, 6) is 0.869. The summed E-state index contributed by atoms with van der Waals surface area (Å²) in [4.78, 5) is 12.2. The molecule has 0 atom stereocenters. The molecule has 1 aromatic carbocycles. The molecule has 0 spiro atoms. The van der Waals surface area contributed by atoms with E-state index in [2.05, 4.69) is 14.8 Å². The maximum absolute atomic E-state index is 10.8. The predicted molar refractivity (Wildman–Crippen MR) is 93.8 cm³/mol. The highest BCUT2D eigenvalue weighted by molar-refractivity contribution is 7.99. The van der Waals surface area contributed by atoms with Gasteiger partial charge in [0, 0.05) is 23.1 Å². The van der Waals surface area contributed by atoms with Crippen molar-refractivity contribution in [3.63, 3.8) is 0 Å². The van der Waals surface area contributed by atoms with Crippen LogP contribution in [0.3, 0.4) is 0 Å². The van der Waals surface area contributed by atoms with E-state index in [0.717, 1.165) is 33.6 Å². The molecule has 4 rings (SSSR count). The summed E-state index contributed by atoms with van der Waals surface area (Å²) in [6, 6.07) is 8.90. The SMILES string of the molecule is O=[N+]([O-])c1ccc(Sc2nnc(-c3cccs3)n2C2CC2)c(Cl)c1. The van der Waals surface area contributed by atoms with Crippen molar-refractivity contribution in [2.24, 2.45) is 0 Å². The number of halogens is 1. The first-order valence-electron chi connectivity index (χ1n) is 7.24. The molecule has 122 valence electrons. The van der Waals surface area contributed by atoms with E-state index in [-0.39, 0.29) is 5.69 Å². The van der Waals surface area contributed by atoms with Gasteiger partial charge in [0.25, 0.3) is 5.69 Å². The van der Waals surface area contributed by atoms with Gasteiger partial charge in [0.1, 0.15) is 0 Å². The van der Waals surface area contributed by atoms with Gasteiger partial charge in [-0.1, -0.05) is 17.7 Å². The molecule has 0 aliphatic heterocycles. The number of hydrogen-bond acceptors (Lipinski definition) is 6. The molecule has 0 saturated heterocycles. The van der Waals surface area contributed by atoms with Crippen molar-refractivity contribution >= 4 is 40.4 Å². The largest absolute Gasteiger partial charge is 0.298 e. The smallest absolute Gasteiger partial charge is 0.270 e. The van der Waals surface area contributed by atoms with E-state index in [1.807, 2.05) is 17.5 Å². The van der Waals surface area contributed by atoms with Crippen LogP contribution in [-0.2, 0) is 0 Å². The third-order valence-electron chi connectivity index (χ3n) is 3.65. The lowest BCUT2D eigenvalue weighted by atomic mass is 10.3. The third-order valence-corrected chi connectivity index (χ3v) is 5.97. The lowest BCUT2D eigenvalue weighted by Crippen LogP contribution is -1.98. The zero-order chi connectivity index (χ0) is 16.7. The topological polar surface area (TPSA) is 73.8 Å². The van der Waals surface area contributed by atoms with Gasteiger partial charge in [-0.05, 0) is 42.1 Å². The van der Waals surface area contributed by atoms with Crippen LogP contribution < -0.4 is 0 Å². The quantitative estimate of drug-likeness (QED) is 0.458. The van der Waals surface area contributed by atoms with Crippen LogP contribution in [0.4, 0.5) is 5.69 Å². The number of thiophene rings is 1. The van der Waals surface area contributed by atoms with Gasteiger partial charge < -0.3 is 0 Å². The maximum atomic E-state index is 10.8. The highest BCUT2D eigenvalue weighted by atomic mass is 35.5. The summed E-state index contributed by atoms with van der Waals surface area (Å²) in [6.45, 7) is 0. The van der Waals surface area contributed by atoms with Crippen molar-refractivity contribution in [3.05, 3.63) is 50.8 Å². The zero-order valence-electron chi connectivity index (χ0n) is 12.3. The molecule has 24 heavy (non-hydrogen) atoms. The van der Waals surface area contributed by atoms with Gasteiger partial charge in [0.15, 0.2) is 11.0 Å². The Hall–Kier alpha value is -1.90. The molecule has 1 aliphatic carbocycles. The van der Waals surface area contributed by atoms with E-state index in [0.29, 0.717) is 11.1 Å². The lowest BCUT2D eigenvalue weighted by Gasteiger charge is -2.08. The van der Waals surface area contributed by atoms with E-state index in [1.54, 1.807) is 17.4 Å².